The van der Waals surface area contributed by atoms with Crippen LogP contribution >= 0.6 is 0 Å². The number of aliphatic hydroxyl groups excluding tert-OH is 1. The van der Waals surface area contributed by atoms with E-state index in [1.165, 1.54) is 17.5 Å². The smallest absolute Gasteiger partial charge is 0.269 e. The number of nitrogens with zero attached hydrogens (tertiary/aromatic N) is 1. The van der Waals surface area contributed by atoms with Gasteiger partial charge in [0.15, 0.2) is 0 Å². The van der Waals surface area contributed by atoms with E-state index in [9.17, 15) is 15.2 Å². The Morgan fingerprint density at radius 1 is 0.861 bits per heavy atom. The fourth-order valence-electron chi connectivity index (χ4n) is 6.45. The van der Waals surface area contributed by atoms with Crippen molar-refractivity contribution in [1.29, 1.82) is 0 Å². The van der Waals surface area contributed by atoms with E-state index in [4.69, 9.17) is 0 Å². The highest BCUT2D eigenvalue weighted by Gasteiger charge is 2.43. The molecule has 1 aliphatic heterocycles. The summed E-state index contributed by atoms with van der Waals surface area (Å²) in [6, 6.07) is 25.2. The maximum Gasteiger partial charge on any atom is 0.269 e. The van der Waals surface area contributed by atoms with Crippen LogP contribution in [-0.2, 0) is 0 Å². The van der Waals surface area contributed by atoms with Gasteiger partial charge in [0.25, 0.3) is 5.69 Å². The number of hydrogen-bond acceptors (Lipinski definition) is 4. The van der Waals surface area contributed by atoms with Crippen molar-refractivity contribution in [2.24, 2.45) is 5.92 Å². The molecule has 0 unspecified atom stereocenters. The number of non-ortho nitro benzene ring substituents is 1. The number of rotatable bonds is 5. The zero-order valence-corrected chi connectivity index (χ0v) is 20.1. The summed E-state index contributed by atoms with van der Waals surface area (Å²) in [7, 11) is 0. The van der Waals surface area contributed by atoms with Crippen LogP contribution in [0.3, 0.4) is 0 Å². The molecule has 4 atom stereocenters. The zero-order chi connectivity index (χ0) is 24.6. The van der Waals surface area contributed by atoms with Gasteiger partial charge in [-0.3, -0.25) is 15.4 Å². The van der Waals surface area contributed by atoms with Gasteiger partial charge in [-0.25, -0.2) is 0 Å². The molecule has 2 aliphatic rings. The molecule has 1 saturated carbocycles. The lowest BCUT2D eigenvalue weighted by molar-refractivity contribution is -0.384. The summed E-state index contributed by atoms with van der Waals surface area (Å²) < 4.78 is 0. The second-order valence-corrected chi connectivity index (χ2v) is 10.2. The monoisotopic (exact) mass is 481 g/mol. The highest BCUT2D eigenvalue weighted by Crippen LogP contribution is 2.46. The number of aromatic amines is 1. The van der Waals surface area contributed by atoms with Crippen LogP contribution in [0, 0.1) is 16.0 Å². The fraction of sp³-hybridized carbons (Fsp3) is 0.333. The Morgan fingerprint density at radius 2 is 1.56 bits per heavy atom. The van der Waals surface area contributed by atoms with Crippen molar-refractivity contribution >= 4 is 16.6 Å². The quantitative estimate of drug-likeness (QED) is 0.233. The third kappa shape index (κ3) is 4.00. The van der Waals surface area contributed by atoms with Crippen molar-refractivity contribution in [2.45, 2.75) is 56.2 Å². The molecule has 1 aromatic heterocycles. The molecular formula is C30H31N3O3. The van der Waals surface area contributed by atoms with Gasteiger partial charge in [-0.1, -0.05) is 79.9 Å². The molecule has 1 aliphatic carbocycles. The number of aliphatic hydroxyl groups is 1. The Hall–Kier alpha value is -3.48. The Morgan fingerprint density at radius 3 is 2.28 bits per heavy atom. The molecule has 0 bridgehead atoms. The van der Waals surface area contributed by atoms with E-state index in [0.717, 1.165) is 47.8 Å². The molecule has 0 amide bonds. The van der Waals surface area contributed by atoms with Gasteiger partial charge in [-0.2, -0.15) is 0 Å². The van der Waals surface area contributed by atoms with Gasteiger partial charge in [0.2, 0.25) is 0 Å². The Bertz CT molecular complexity index is 1360. The predicted molar refractivity (Wildman–Crippen MR) is 141 cm³/mol. The Labute approximate surface area is 210 Å². The summed E-state index contributed by atoms with van der Waals surface area (Å²) in [6.07, 6.45) is 5.15. The van der Waals surface area contributed by atoms with Crippen LogP contribution in [0.2, 0.25) is 0 Å². The molecule has 4 aromatic rings. The molecule has 0 saturated heterocycles. The molecule has 3 N–H and O–H groups in total. The second kappa shape index (κ2) is 9.52. The number of fused-ring (bicyclic) bond motifs is 3. The molecule has 1 fully saturated rings. The molecule has 0 radical (unpaired) electrons. The van der Waals surface area contributed by atoms with E-state index < -0.39 is 6.10 Å². The van der Waals surface area contributed by atoms with Gasteiger partial charge in [0.05, 0.1) is 17.1 Å². The number of H-pyrrole nitrogens is 1. The summed E-state index contributed by atoms with van der Waals surface area (Å²) >= 11 is 0. The van der Waals surface area contributed by atoms with Gasteiger partial charge in [-0.15, -0.1) is 0 Å². The third-order valence-electron chi connectivity index (χ3n) is 8.19. The molecule has 6 rings (SSSR count). The molecule has 0 spiro atoms. The van der Waals surface area contributed by atoms with Crippen LogP contribution < -0.4 is 5.32 Å². The van der Waals surface area contributed by atoms with Crippen LogP contribution in [-0.4, -0.2) is 27.2 Å². The minimum Gasteiger partial charge on any atom is -0.391 e. The molecule has 6 heteroatoms. The van der Waals surface area contributed by atoms with Gasteiger partial charge in [0.1, 0.15) is 0 Å². The average Bonchev–Trinajstić information content (AvgIpc) is 3.32. The van der Waals surface area contributed by atoms with Crippen LogP contribution in [0.4, 0.5) is 5.69 Å². The van der Waals surface area contributed by atoms with Crippen molar-refractivity contribution in [3.05, 3.63) is 111 Å². The van der Waals surface area contributed by atoms with Crippen LogP contribution in [0.1, 0.15) is 66.4 Å². The van der Waals surface area contributed by atoms with Crippen molar-refractivity contribution < 1.29 is 10.0 Å². The second-order valence-electron chi connectivity index (χ2n) is 10.2. The van der Waals surface area contributed by atoms with E-state index in [-0.39, 0.29) is 34.5 Å². The Kier molecular flexibility index (Phi) is 6.07. The average molecular weight is 482 g/mol. The largest absolute Gasteiger partial charge is 0.391 e. The van der Waals surface area contributed by atoms with Crippen LogP contribution in [0.25, 0.3) is 10.9 Å². The Balaban J connectivity index is 1.53. The molecule has 184 valence electrons. The van der Waals surface area contributed by atoms with Crippen molar-refractivity contribution in [3.8, 4) is 0 Å². The van der Waals surface area contributed by atoms with Gasteiger partial charge in [-0.05, 0) is 41.5 Å². The molecule has 3 aromatic carbocycles. The highest BCUT2D eigenvalue weighted by molar-refractivity contribution is 5.86. The summed E-state index contributed by atoms with van der Waals surface area (Å²) in [6.45, 7) is 0. The fourth-order valence-corrected chi connectivity index (χ4v) is 6.45. The number of nitro groups is 1. The molecule has 2 heterocycles. The third-order valence-corrected chi connectivity index (χ3v) is 8.19. The normalized spacial score (nSPS) is 23.3. The van der Waals surface area contributed by atoms with Crippen molar-refractivity contribution in [2.75, 3.05) is 0 Å². The lowest BCUT2D eigenvalue weighted by Gasteiger charge is -2.43. The molecule has 6 nitrogen and oxygen atoms in total. The topological polar surface area (TPSA) is 91.2 Å². The number of para-hydroxylation sites is 1. The SMILES string of the molecule is O=[N+]([O-])c1ccc([C@@H]2N[C@H]([C@@H](O)C3CCCCC3)[C@H](c3ccccc3)c3c2[nH]c2ccccc32)cc1. The minimum atomic E-state index is -0.502. The first-order valence-electron chi connectivity index (χ1n) is 13.0. The van der Waals surface area contributed by atoms with Gasteiger partial charge < -0.3 is 10.1 Å². The van der Waals surface area contributed by atoms with E-state index >= 15 is 0 Å². The summed E-state index contributed by atoms with van der Waals surface area (Å²) in [5.74, 6) is 0.232. The standard InChI is InChI=1S/C30H31N3O3/c34-30(21-11-5-2-6-12-21)29-25(19-9-3-1-4-10-19)26-23-13-7-8-14-24(23)31-28(26)27(32-29)20-15-17-22(18-16-20)33(35)36/h1,3-4,7-10,13-18,21,25,27,29-32,34H,2,5-6,11-12H2/t25-,27+,29+,30+/m1/s1. The first kappa shape index (κ1) is 23.0. The maximum atomic E-state index is 11.9. The van der Waals surface area contributed by atoms with Crippen LogP contribution in [0.15, 0.2) is 78.9 Å². The van der Waals surface area contributed by atoms with Crippen molar-refractivity contribution in [3.63, 3.8) is 0 Å². The van der Waals surface area contributed by atoms with E-state index in [0.29, 0.717) is 0 Å². The van der Waals surface area contributed by atoms with E-state index in [2.05, 4.69) is 52.8 Å². The zero-order valence-electron chi connectivity index (χ0n) is 20.1. The van der Waals surface area contributed by atoms with E-state index in [1.807, 2.05) is 24.3 Å². The highest BCUT2D eigenvalue weighted by atomic mass is 16.6. The first-order chi connectivity index (χ1) is 17.6. The first-order valence-corrected chi connectivity index (χ1v) is 13.0. The lowest BCUT2D eigenvalue weighted by Crippen LogP contribution is -2.52. The van der Waals surface area contributed by atoms with E-state index in [1.54, 1.807) is 12.1 Å². The van der Waals surface area contributed by atoms with Gasteiger partial charge in [0, 0.05) is 40.7 Å². The van der Waals surface area contributed by atoms with Crippen molar-refractivity contribution in [1.82, 2.24) is 10.3 Å². The summed E-state index contributed by atoms with van der Waals surface area (Å²) in [4.78, 5) is 14.6. The summed E-state index contributed by atoms with van der Waals surface area (Å²) in [5, 5.41) is 28.1. The predicted octanol–water partition coefficient (Wildman–Crippen LogP) is 6.21. The lowest BCUT2D eigenvalue weighted by atomic mass is 9.72. The summed E-state index contributed by atoms with van der Waals surface area (Å²) in [5.41, 5.74) is 5.53. The molecular weight excluding hydrogens is 450 g/mol. The number of hydrogen-bond donors (Lipinski definition) is 3. The maximum absolute atomic E-state index is 11.9. The van der Waals surface area contributed by atoms with Crippen LogP contribution in [0.5, 0.6) is 0 Å². The number of nitrogens with one attached hydrogen (secondary N) is 2. The number of nitro benzene ring substituents is 1. The van der Waals surface area contributed by atoms with Gasteiger partial charge >= 0.3 is 0 Å². The minimum absolute atomic E-state index is 0.0245. The number of aromatic nitrogens is 1. The molecule has 36 heavy (non-hydrogen) atoms. The number of benzene rings is 3.